The molecule has 0 saturated carbocycles. The summed E-state index contributed by atoms with van der Waals surface area (Å²) in [5, 5.41) is 3.40. The lowest BCUT2D eigenvalue weighted by molar-refractivity contribution is 0.146. The predicted molar refractivity (Wildman–Crippen MR) is 74.6 cm³/mol. The van der Waals surface area contributed by atoms with Crippen molar-refractivity contribution in [2.45, 2.75) is 13.0 Å². The number of hydrogen-bond donors (Lipinski definition) is 1. The van der Waals surface area contributed by atoms with Gasteiger partial charge in [0, 0.05) is 24.4 Å². The number of rotatable bonds is 7. The SMILES string of the molecule is COCCOc1cccc(NC(C)c2ccoc2)c1. The molecule has 2 rings (SSSR count). The molecular weight excluding hydrogens is 242 g/mol. The van der Waals surface area contributed by atoms with Crippen LogP contribution >= 0.6 is 0 Å². The molecule has 0 radical (unpaired) electrons. The van der Waals surface area contributed by atoms with E-state index in [4.69, 9.17) is 13.9 Å². The molecule has 0 aliphatic rings. The first kappa shape index (κ1) is 13.5. The number of ether oxygens (including phenoxy) is 2. The normalized spacial score (nSPS) is 12.1. The standard InChI is InChI=1S/C15H19NO3/c1-12(13-6-7-18-11-13)16-14-4-3-5-15(10-14)19-9-8-17-2/h3-7,10-12,16H,8-9H2,1-2H3. The molecule has 0 fully saturated rings. The van der Waals surface area contributed by atoms with Gasteiger partial charge in [-0.3, -0.25) is 0 Å². The van der Waals surface area contributed by atoms with Gasteiger partial charge in [-0.05, 0) is 25.1 Å². The zero-order valence-electron chi connectivity index (χ0n) is 11.3. The van der Waals surface area contributed by atoms with Gasteiger partial charge in [-0.2, -0.15) is 0 Å². The van der Waals surface area contributed by atoms with Gasteiger partial charge in [0.1, 0.15) is 12.4 Å². The van der Waals surface area contributed by atoms with Crippen molar-refractivity contribution in [2.24, 2.45) is 0 Å². The van der Waals surface area contributed by atoms with Gasteiger partial charge in [0.25, 0.3) is 0 Å². The summed E-state index contributed by atoms with van der Waals surface area (Å²) in [5.41, 5.74) is 2.13. The van der Waals surface area contributed by atoms with E-state index in [-0.39, 0.29) is 6.04 Å². The monoisotopic (exact) mass is 261 g/mol. The third-order valence-electron chi connectivity index (χ3n) is 2.82. The first-order valence-electron chi connectivity index (χ1n) is 6.30. The Bertz CT molecular complexity index is 482. The van der Waals surface area contributed by atoms with Crippen molar-refractivity contribution in [3.8, 4) is 5.75 Å². The van der Waals surface area contributed by atoms with Crippen molar-refractivity contribution >= 4 is 5.69 Å². The number of methoxy groups -OCH3 is 1. The minimum absolute atomic E-state index is 0.188. The minimum Gasteiger partial charge on any atom is -0.491 e. The van der Waals surface area contributed by atoms with Crippen molar-refractivity contribution in [3.63, 3.8) is 0 Å². The zero-order valence-corrected chi connectivity index (χ0v) is 11.3. The van der Waals surface area contributed by atoms with E-state index in [1.807, 2.05) is 30.3 Å². The van der Waals surface area contributed by atoms with E-state index in [0.29, 0.717) is 13.2 Å². The van der Waals surface area contributed by atoms with Crippen LogP contribution in [0.2, 0.25) is 0 Å². The highest BCUT2D eigenvalue weighted by Crippen LogP contribution is 2.22. The summed E-state index contributed by atoms with van der Waals surface area (Å²) in [7, 11) is 1.66. The molecule has 1 aromatic carbocycles. The first-order valence-corrected chi connectivity index (χ1v) is 6.30. The molecule has 1 heterocycles. The fraction of sp³-hybridized carbons (Fsp3) is 0.333. The number of benzene rings is 1. The van der Waals surface area contributed by atoms with Crippen molar-refractivity contribution in [3.05, 3.63) is 48.4 Å². The van der Waals surface area contributed by atoms with Gasteiger partial charge in [0.05, 0.1) is 25.2 Å². The Morgan fingerprint density at radius 2 is 2.16 bits per heavy atom. The summed E-state index contributed by atoms with van der Waals surface area (Å²) in [6.07, 6.45) is 3.43. The highest BCUT2D eigenvalue weighted by atomic mass is 16.5. The van der Waals surface area contributed by atoms with Crippen LogP contribution in [0.5, 0.6) is 5.75 Å². The lowest BCUT2D eigenvalue weighted by Gasteiger charge is -2.14. The maximum absolute atomic E-state index is 5.58. The molecule has 1 unspecified atom stereocenters. The third-order valence-corrected chi connectivity index (χ3v) is 2.82. The smallest absolute Gasteiger partial charge is 0.121 e. The fourth-order valence-electron chi connectivity index (χ4n) is 1.77. The molecule has 0 aliphatic carbocycles. The molecule has 0 aliphatic heterocycles. The predicted octanol–water partition coefficient (Wildman–Crippen LogP) is 3.48. The first-order chi connectivity index (χ1) is 9.29. The van der Waals surface area contributed by atoms with Gasteiger partial charge in [0.2, 0.25) is 0 Å². The molecule has 0 saturated heterocycles. The van der Waals surface area contributed by atoms with Crippen LogP contribution in [0.25, 0.3) is 0 Å². The van der Waals surface area contributed by atoms with Crippen LogP contribution in [0.1, 0.15) is 18.5 Å². The van der Waals surface area contributed by atoms with Gasteiger partial charge in [-0.15, -0.1) is 0 Å². The Morgan fingerprint density at radius 1 is 1.26 bits per heavy atom. The molecule has 102 valence electrons. The van der Waals surface area contributed by atoms with E-state index < -0.39 is 0 Å². The second kappa shape index (κ2) is 6.85. The average Bonchev–Trinajstić information content (AvgIpc) is 2.93. The number of nitrogens with one attached hydrogen (secondary N) is 1. The summed E-state index contributed by atoms with van der Waals surface area (Å²) in [6, 6.07) is 10.0. The maximum Gasteiger partial charge on any atom is 0.121 e. The van der Waals surface area contributed by atoms with E-state index in [1.54, 1.807) is 19.6 Å². The molecule has 0 bridgehead atoms. The van der Waals surface area contributed by atoms with Crippen LogP contribution in [0.4, 0.5) is 5.69 Å². The molecule has 1 aromatic heterocycles. The van der Waals surface area contributed by atoms with Crippen molar-refractivity contribution in [1.29, 1.82) is 0 Å². The second-order valence-electron chi connectivity index (χ2n) is 4.29. The van der Waals surface area contributed by atoms with Crippen LogP contribution in [-0.2, 0) is 4.74 Å². The van der Waals surface area contributed by atoms with E-state index in [0.717, 1.165) is 17.0 Å². The van der Waals surface area contributed by atoms with Crippen LogP contribution in [-0.4, -0.2) is 20.3 Å². The molecule has 2 aromatic rings. The Labute approximate surface area is 113 Å². The zero-order chi connectivity index (χ0) is 13.5. The van der Waals surface area contributed by atoms with Gasteiger partial charge in [-0.1, -0.05) is 6.07 Å². The largest absolute Gasteiger partial charge is 0.491 e. The molecule has 4 nitrogen and oxygen atoms in total. The topological polar surface area (TPSA) is 43.6 Å². The highest BCUT2D eigenvalue weighted by Gasteiger charge is 2.06. The van der Waals surface area contributed by atoms with E-state index in [9.17, 15) is 0 Å². The van der Waals surface area contributed by atoms with Crippen LogP contribution in [0, 0.1) is 0 Å². The summed E-state index contributed by atoms with van der Waals surface area (Å²) in [6.45, 7) is 3.23. The maximum atomic E-state index is 5.58. The van der Waals surface area contributed by atoms with Gasteiger partial charge < -0.3 is 19.2 Å². The van der Waals surface area contributed by atoms with Crippen molar-refractivity contribution in [1.82, 2.24) is 0 Å². The quantitative estimate of drug-likeness (QED) is 0.775. The fourth-order valence-corrected chi connectivity index (χ4v) is 1.77. The van der Waals surface area contributed by atoms with E-state index in [2.05, 4.69) is 12.2 Å². The summed E-state index contributed by atoms with van der Waals surface area (Å²) in [5.74, 6) is 0.835. The third kappa shape index (κ3) is 4.03. The lowest BCUT2D eigenvalue weighted by atomic mass is 10.1. The van der Waals surface area contributed by atoms with Crippen LogP contribution < -0.4 is 10.1 Å². The Hall–Kier alpha value is -1.94. The van der Waals surface area contributed by atoms with Crippen molar-refractivity contribution in [2.75, 3.05) is 25.6 Å². The van der Waals surface area contributed by atoms with Crippen LogP contribution in [0.3, 0.4) is 0 Å². The minimum atomic E-state index is 0.188. The molecule has 1 atom stereocenters. The van der Waals surface area contributed by atoms with Gasteiger partial charge in [-0.25, -0.2) is 0 Å². The number of hydrogen-bond acceptors (Lipinski definition) is 4. The molecule has 19 heavy (non-hydrogen) atoms. The Morgan fingerprint density at radius 3 is 2.89 bits per heavy atom. The van der Waals surface area contributed by atoms with Crippen molar-refractivity contribution < 1.29 is 13.9 Å². The molecular formula is C15H19NO3. The molecule has 4 heteroatoms. The number of furan rings is 1. The average molecular weight is 261 g/mol. The second-order valence-corrected chi connectivity index (χ2v) is 4.29. The highest BCUT2D eigenvalue weighted by molar-refractivity contribution is 5.49. The Kier molecular flexibility index (Phi) is 4.86. The number of anilines is 1. The lowest BCUT2D eigenvalue weighted by Crippen LogP contribution is -2.07. The van der Waals surface area contributed by atoms with Gasteiger partial charge in [0.15, 0.2) is 0 Å². The Balaban J connectivity index is 1.95. The van der Waals surface area contributed by atoms with Gasteiger partial charge >= 0.3 is 0 Å². The van der Waals surface area contributed by atoms with E-state index in [1.165, 1.54) is 0 Å². The molecule has 0 amide bonds. The summed E-state index contributed by atoms with van der Waals surface area (Å²) in [4.78, 5) is 0. The molecule has 0 spiro atoms. The van der Waals surface area contributed by atoms with E-state index >= 15 is 0 Å². The molecule has 1 N–H and O–H groups in total. The summed E-state index contributed by atoms with van der Waals surface area (Å²) >= 11 is 0. The summed E-state index contributed by atoms with van der Waals surface area (Å²) < 4.78 is 15.6. The van der Waals surface area contributed by atoms with Crippen LogP contribution in [0.15, 0.2) is 47.3 Å².